The third kappa shape index (κ3) is 14.2. The molecule has 0 radical (unpaired) electrons. The van der Waals surface area contributed by atoms with Gasteiger partial charge in [-0.1, -0.05) is 73.4 Å². The maximum atomic E-state index is 12.2. The van der Waals surface area contributed by atoms with Crippen molar-refractivity contribution in [2.75, 3.05) is 47.3 Å². The number of aliphatic hydroxyl groups excluding tert-OH is 4. The fourth-order valence-electron chi connectivity index (χ4n) is 8.97. The van der Waals surface area contributed by atoms with Gasteiger partial charge in [-0.2, -0.15) is 0 Å². The van der Waals surface area contributed by atoms with E-state index in [9.17, 15) is 30.0 Å². The van der Waals surface area contributed by atoms with Crippen molar-refractivity contribution in [1.82, 2.24) is 0 Å². The first-order valence-electron chi connectivity index (χ1n) is 24.0. The van der Waals surface area contributed by atoms with Gasteiger partial charge in [-0.3, -0.25) is 9.59 Å². The Morgan fingerprint density at radius 1 is 0.662 bits per heavy atom. The zero-order chi connectivity index (χ0) is 51.9. The van der Waals surface area contributed by atoms with E-state index in [1.807, 2.05) is 82.3 Å². The summed E-state index contributed by atoms with van der Waals surface area (Å²) >= 11 is 13.0. The van der Waals surface area contributed by atoms with Crippen LogP contribution < -0.4 is 9.47 Å². The minimum atomic E-state index is -1.77. The largest absolute Gasteiger partial charge is 0.494 e. The monoisotopic (exact) mass is 1030 g/mol. The third-order valence-electron chi connectivity index (χ3n) is 12.6. The number of hydrogen-bond acceptors (Lipinski definition) is 15. The highest BCUT2D eigenvalue weighted by Gasteiger charge is 2.59. The molecule has 0 amide bonds. The highest BCUT2D eigenvalue weighted by atomic mass is 35.5. The van der Waals surface area contributed by atoms with Gasteiger partial charge in [0.15, 0.2) is 6.10 Å². The van der Waals surface area contributed by atoms with E-state index < -0.39 is 66.7 Å². The fourth-order valence-corrected chi connectivity index (χ4v) is 9.34. The van der Waals surface area contributed by atoms with Crippen molar-refractivity contribution in [2.45, 2.75) is 128 Å². The molecule has 4 aromatic carbocycles. The second-order valence-electron chi connectivity index (χ2n) is 17.5. The summed E-state index contributed by atoms with van der Waals surface area (Å²) in [5.41, 5.74) is 4.67. The Balaban J connectivity index is 0.000000243. The van der Waals surface area contributed by atoms with Crippen molar-refractivity contribution in [3.8, 4) is 11.5 Å². The lowest BCUT2D eigenvalue weighted by molar-refractivity contribution is -0.366. The number of carbonyl (C=O) groups is 2. The van der Waals surface area contributed by atoms with Crippen molar-refractivity contribution in [3.63, 3.8) is 0 Å². The first-order valence-corrected chi connectivity index (χ1v) is 24.8. The number of benzene rings is 4. The van der Waals surface area contributed by atoms with E-state index in [-0.39, 0.29) is 12.0 Å². The molecule has 3 aliphatic rings. The second kappa shape index (κ2) is 27.1. The minimum Gasteiger partial charge on any atom is -0.494 e. The van der Waals surface area contributed by atoms with Gasteiger partial charge < -0.3 is 63.1 Å². The van der Waals surface area contributed by atoms with Crippen molar-refractivity contribution >= 4 is 35.1 Å². The summed E-state index contributed by atoms with van der Waals surface area (Å²) in [6, 6.07) is 25.9. The molecule has 17 heteroatoms. The van der Waals surface area contributed by atoms with Crippen LogP contribution in [0, 0.1) is 5.92 Å². The number of esters is 2. The van der Waals surface area contributed by atoms with Gasteiger partial charge in [0.05, 0.1) is 25.9 Å². The number of aliphatic hydroxyl groups is 4. The molecular weight excluding hydrogens is 959 g/mol. The molecule has 0 bridgehead atoms. The van der Waals surface area contributed by atoms with Crippen LogP contribution in [0.5, 0.6) is 11.5 Å². The van der Waals surface area contributed by atoms with E-state index >= 15 is 0 Å². The Labute approximate surface area is 427 Å². The molecule has 71 heavy (non-hydrogen) atoms. The van der Waals surface area contributed by atoms with Gasteiger partial charge in [-0.25, -0.2) is 0 Å². The molecule has 3 saturated heterocycles. The van der Waals surface area contributed by atoms with Crippen LogP contribution in [0.3, 0.4) is 0 Å². The Morgan fingerprint density at radius 3 is 1.52 bits per heavy atom. The molecule has 3 aliphatic heterocycles. The number of hydrogen-bond donors (Lipinski definition) is 4. The van der Waals surface area contributed by atoms with Crippen LogP contribution in [0.15, 0.2) is 84.9 Å². The van der Waals surface area contributed by atoms with Gasteiger partial charge in [0.2, 0.25) is 11.6 Å². The summed E-state index contributed by atoms with van der Waals surface area (Å²) in [6.07, 6.45) is -3.59. The van der Waals surface area contributed by atoms with Gasteiger partial charge in [0.25, 0.3) is 0 Å². The zero-order valence-electron chi connectivity index (χ0n) is 41.8. The molecular formula is C54H70Cl2O15. The second-order valence-corrected chi connectivity index (χ2v) is 18.3. The Morgan fingerprint density at radius 2 is 1.13 bits per heavy atom. The van der Waals surface area contributed by atoms with Crippen LogP contribution in [-0.4, -0.2) is 122 Å². The highest BCUT2D eigenvalue weighted by molar-refractivity contribution is 6.31. The quantitative estimate of drug-likeness (QED) is 0.0792. The topological polar surface area (TPSA) is 198 Å². The molecule has 3 heterocycles. The van der Waals surface area contributed by atoms with E-state index in [4.69, 9.17) is 65.8 Å². The van der Waals surface area contributed by atoms with Crippen LogP contribution in [0.4, 0.5) is 0 Å². The number of ether oxygens (including phenoxy) is 9. The van der Waals surface area contributed by atoms with E-state index in [1.54, 1.807) is 30.3 Å². The Hall–Kier alpha value is -4.36. The molecule has 4 N–H and O–H groups in total. The minimum absolute atomic E-state index is 0.234. The SMILES string of the molecule is C1CCOC1.CCOc1ccc(Cc2cc(C3(OC)O[C@H](CC)[C@@H](C)[C@H](OC(C)=O)[C@H]3OC(C)=O)ccc2Cl)cc1.CCOc1ccc(Cc2cc(C3(OC)O[C@H](CO)[C@@H](O)[C@H](O)[C@H]3O)ccc2Cl)cc1. The molecule has 15 nitrogen and oxygen atoms in total. The number of carbonyl (C=O) groups excluding carboxylic acids is 2. The molecule has 10 atom stereocenters. The van der Waals surface area contributed by atoms with Crippen molar-refractivity contribution in [2.24, 2.45) is 5.92 Å². The molecule has 0 spiro atoms. The van der Waals surface area contributed by atoms with E-state index in [2.05, 4.69) is 0 Å². The zero-order valence-corrected chi connectivity index (χ0v) is 43.3. The average Bonchev–Trinajstić information content (AvgIpc) is 3.96. The van der Waals surface area contributed by atoms with Crippen LogP contribution >= 0.6 is 23.2 Å². The maximum Gasteiger partial charge on any atom is 0.303 e. The number of halogens is 2. The standard InChI is InChI=1S/C28H35ClO7.C22H27ClO7.C4H8O/c1-7-25-17(3)26(34-18(4)30)27(35-19(5)31)28(32-6,36-25)22-11-14-24(29)21(16-22)15-20-9-12-23(13-10-20)33-8-2;1-3-29-16-7-4-13(5-8-16)10-14-11-15(6-9-17(14)23)22(28-2)21(27)20(26)19(25)18(12-24)30-22;1-2-4-5-3-1/h9-14,16-17,25-27H,7-8,15H2,1-6H3;4-9,11,18-21,24-27H,3,10,12H2,1-2H3;1-4H2/t17-,25-,26+,27-,28?;18-,19-,20+,21-,22?;/m11./s1. The van der Waals surface area contributed by atoms with E-state index in [0.717, 1.165) is 47.0 Å². The Kier molecular flexibility index (Phi) is 21.9. The summed E-state index contributed by atoms with van der Waals surface area (Å²) in [5, 5.41) is 41.6. The van der Waals surface area contributed by atoms with Crippen molar-refractivity contribution < 1.29 is 72.6 Å². The summed E-state index contributed by atoms with van der Waals surface area (Å²) in [6.45, 7) is 13.0. The smallest absolute Gasteiger partial charge is 0.303 e. The number of methoxy groups -OCH3 is 2. The van der Waals surface area contributed by atoms with E-state index in [0.29, 0.717) is 53.6 Å². The van der Waals surface area contributed by atoms with Gasteiger partial charge in [-0.05, 0) is 117 Å². The predicted octanol–water partition coefficient (Wildman–Crippen LogP) is 7.84. The molecule has 0 aliphatic carbocycles. The summed E-state index contributed by atoms with van der Waals surface area (Å²) in [7, 11) is 2.81. The molecule has 0 aromatic heterocycles. The molecule has 0 saturated carbocycles. The van der Waals surface area contributed by atoms with Gasteiger partial charge in [0, 0.05) is 68.4 Å². The third-order valence-corrected chi connectivity index (χ3v) is 13.4. The summed E-state index contributed by atoms with van der Waals surface area (Å²) in [5.74, 6) is -2.94. The maximum absolute atomic E-state index is 12.2. The predicted molar refractivity (Wildman–Crippen MR) is 267 cm³/mol. The lowest BCUT2D eigenvalue weighted by Gasteiger charge is -2.50. The normalized spacial score (nSPS) is 27.0. The van der Waals surface area contributed by atoms with Gasteiger partial charge in [0.1, 0.15) is 42.0 Å². The van der Waals surface area contributed by atoms with Gasteiger partial charge >= 0.3 is 11.9 Å². The average molecular weight is 1030 g/mol. The molecule has 3 fully saturated rings. The number of rotatable bonds is 16. The molecule has 4 aromatic rings. The van der Waals surface area contributed by atoms with Crippen LogP contribution in [0.1, 0.15) is 94.2 Å². The van der Waals surface area contributed by atoms with Gasteiger partial charge in [-0.15, -0.1) is 0 Å². The first-order chi connectivity index (χ1) is 34.0. The first kappa shape index (κ1) is 57.5. The Bertz CT molecular complexity index is 2280. The fraction of sp³-hybridized carbons (Fsp3) is 0.519. The summed E-state index contributed by atoms with van der Waals surface area (Å²) < 4.78 is 51.2. The highest BCUT2D eigenvalue weighted by Crippen LogP contribution is 2.46. The lowest BCUT2D eigenvalue weighted by Crippen LogP contribution is -2.64. The van der Waals surface area contributed by atoms with Crippen LogP contribution in [0.2, 0.25) is 10.0 Å². The molecule has 390 valence electrons. The van der Waals surface area contributed by atoms with Crippen molar-refractivity contribution in [3.05, 3.63) is 128 Å². The van der Waals surface area contributed by atoms with E-state index in [1.165, 1.54) is 40.9 Å². The molecule has 7 rings (SSSR count). The molecule has 2 unspecified atom stereocenters. The lowest BCUT2D eigenvalue weighted by atomic mass is 9.81. The van der Waals surface area contributed by atoms with Crippen molar-refractivity contribution in [1.29, 1.82) is 0 Å². The summed E-state index contributed by atoms with van der Waals surface area (Å²) in [4.78, 5) is 24.2. The van der Waals surface area contributed by atoms with Crippen LogP contribution in [0.25, 0.3) is 0 Å². The van der Waals surface area contributed by atoms with Crippen LogP contribution in [-0.2, 0) is 67.2 Å².